The van der Waals surface area contributed by atoms with Crippen molar-refractivity contribution >= 4 is 31.3 Å². The van der Waals surface area contributed by atoms with Gasteiger partial charge in [0.1, 0.15) is 18.2 Å². The summed E-state index contributed by atoms with van der Waals surface area (Å²) in [6.45, 7) is -0.132. The largest absolute Gasteiger partial charge is 0.492 e. The summed E-state index contributed by atoms with van der Waals surface area (Å²) in [6, 6.07) is 3.83. The summed E-state index contributed by atoms with van der Waals surface area (Å²) in [6.07, 6.45) is 0. The van der Waals surface area contributed by atoms with E-state index in [9.17, 15) is 12.8 Å². The Morgan fingerprint density at radius 1 is 1.40 bits per heavy atom. The lowest BCUT2D eigenvalue weighted by atomic mass is 10.3. The van der Waals surface area contributed by atoms with Crippen LogP contribution in [0, 0.1) is 5.82 Å². The number of halogens is 3. The number of hydrogen-bond acceptors (Lipinski definition) is 3. The fraction of sp³-hybridized carbons (Fsp3) is 0.250. The van der Waals surface area contributed by atoms with Gasteiger partial charge in [0.15, 0.2) is 0 Å². The molecule has 1 aromatic rings. The molecule has 0 unspecified atom stereocenters. The van der Waals surface area contributed by atoms with Crippen LogP contribution in [0.15, 0.2) is 18.2 Å². The summed E-state index contributed by atoms with van der Waals surface area (Å²) in [7, 11) is 1.37. The predicted octanol–water partition coefficient (Wildman–Crippen LogP) is 2.43. The van der Waals surface area contributed by atoms with Crippen molar-refractivity contribution in [2.24, 2.45) is 0 Å². The summed E-state index contributed by atoms with van der Waals surface area (Å²) in [5.74, 6) is -0.751. The average Bonchev–Trinajstić information content (AvgIpc) is 2.09. The number of hydrogen-bond donors (Lipinski definition) is 0. The lowest BCUT2D eigenvalue weighted by Crippen LogP contribution is -2.08. The molecule has 1 aromatic carbocycles. The van der Waals surface area contributed by atoms with Crippen molar-refractivity contribution in [2.45, 2.75) is 0 Å². The van der Waals surface area contributed by atoms with Crippen LogP contribution in [-0.4, -0.2) is 20.8 Å². The first-order valence-corrected chi connectivity index (χ1v) is 6.74. The molecule has 7 heteroatoms. The Bertz CT molecular complexity index is 447. The van der Waals surface area contributed by atoms with Gasteiger partial charge in [0.05, 0.1) is 10.8 Å². The Balaban J connectivity index is 2.55. The highest BCUT2D eigenvalue weighted by Gasteiger charge is 2.06. The number of benzene rings is 1. The Morgan fingerprint density at radius 3 is 2.60 bits per heavy atom. The van der Waals surface area contributed by atoms with Crippen LogP contribution in [0.2, 0.25) is 5.02 Å². The van der Waals surface area contributed by atoms with E-state index in [1.54, 1.807) is 0 Å². The number of rotatable bonds is 4. The molecule has 1 rings (SSSR count). The van der Waals surface area contributed by atoms with Crippen molar-refractivity contribution < 1.29 is 17.5 Å². The highest BCUT2D eigenvalue weighted by molar-refractivity contribution is 8.13. The molecule has 0 fully saturated rings. The van der Waals surface area contributed by atoms with E-state index < -0.39 is 14.9 Å². The third kappa shape index (κ3) is 4.68. The summed E-state index contributed by atoms with van der Waals surface area (Å²) in [4.78, 5) is 0. The van der Waals surface area contributed by atoms with Crippen LogP contribution < -0.4 is 4.74 Å². The molecule has 84 valence electrons. The van der Waals surface area contributed by atoms with Crippen LogP contribution in [0.5, 0.6) is 5.75 Å². The summed E-state index contributed by atoms with van der Waals surface area (Å²) < 4.78 is 38.9. The van der Waals surface area contributed by atoms with Crippen molar-refractivity contribution in [1.82, 2.24) is 0 Å². The maximum Gasteiger partial charge on any atom is 0.235 e. The van der Waals surface area contributed by atoms with Crippen LogP contribution in [0.4, 0.5) is 4.39 Å². The molecule has 0 N–H and O–H groups in total. The quantitative estimate of drug-likeness (QED) is 0.791. The van der Waals surface area contributed by atoms with E-state index in [1.165, 1.54) is 12.1 Å². The van der Waals surface area contributed by atoms with Crippen molar-refractivity contribution in [2.75, 3.05) is 12.4 Å². The highest BCUT2D eigenvalue weighted by Crippen LogP contribution is 2.20. The lowest BCUT2D eigenvalue weighted by Gasteiger charge is -2.04. The molecule has 0 aliphatic carbocycles. The zero-order valence-corrected chi connectivity index (χ0v) is 9.74. The van der Waals surface area contributed by atoms with E-state index in [0.717, 1.165) is 6.07 Å². The van der Waals surface area contributed by atoms with Gasteiger partial charge in [-0.3, -0.25) is 0 Å². The molecule has 0 spiro atoms. The fourth-order valence-corrected chi connectivity index (χ4v) is 1.41. The monoisotopic (exact) mass is 272 g/mol. The van der Waals surface area contributed by atoms with Gasteiger partial charge in [-0.1, -0.05) is 11.6 Å². The maximum atomic E-state index is 12.9. The van der Waals surface area contributed by atoms with Gasteiger partial charge in [-0.15, -0.1) is 0 Å². The van der Waals surface area contributed by atoms with Gasteiger partial charge < -0.3 is 4.74 Å². The topological polar surface area (TPSA) is 43.4 Å². The maximum absolute atomic E-state index is 12.9. The molecule has 0 aromatic heterocycles. The minimum atomic E-state index is -3.59. The predicted molar refractivity (Wildman–Crippen MR) is 56.5 cm³/mol. The lowest BCUT2D eigenvalue weighted by molar-refractivity contribution is 0.339. The molecule has 0 atom stereocenters. The molecular weight excluding hydrogens is 266 g/mol. The van der Waals surface area contributed by atoms with Crippen LogP contribution in [-0.2, 0) is 9.05 Å². The van der Waals surface area contributed by atoms with E-state index in [1.807, 2.05) is 0 Å². The SMILES string of the molecule is O=S(=O)(Cl)CCOc1ccc(Cl)c(F)c1. The second-order valence-electron chi connectivity index (χ2n) is 2.67. The first kappa shape index (κ1) is 12.5. The Kier molecular flexibility index (Phi) is 4.19. The van der Waals surface area contributed by atoms with Crippen molar-refractivity contribution in [1.29, 1.82) is 0 Å². The van der Waals surface area contributed by atoms with E-state index in [0.29, 0.717) is 0 Å². The zero-order valence-electron chi connectivity index (χ0n) is 7.41. The molecular formula is C8H7Cl2FO3S. The first-order valence-electron chi connectivity index (χ1n) is 3.89. The van der Waals surface area contributed by atoms with Crippen LogP contribution in [0.1, 0.15) is 0 Å². The van der Waals surface area contributed by atoms with E-state index in [-0.39, 0.29) is 23.1 Å². The molecule has 0 bridgehead atoms. The van der Waals surface area contributed by atoms with Crippen LogP contribution in [0.25, 0.3) is 0 Å². The van der Waals surface area contributed by atoms with Crippen LogP contribution in [0.3, 0.4) is 0 Å². The molecule has 0 heterocycles. The van der Waals surface area contributed by atoms with Gasteiger partial charge in [-0.2, -0.15) is 0 Å². The highest BCUT2D eigenvalue weighted by atomic mass is 35.7. The molecule has 15 heavy (non-hydrogen) atoms. The summed E-state index contributed by atoms with van der Waals surface area (Å²) >= 11 is 5.44. The minimum absolute atomic E-state index is 0.0210. The minimum Gasteiger partial charge on any atom is -0.492 e. The Labute approximate surface area is 96.2 Å². The van der Waals surface area contributed by atoms with E-state index in [4.69, 9.17) is 27.0 Å². The van der Waals surface area contributed by atoms with Crippen molar-refractivity contribution in [3.8, 4) is 5.75 Å². The molecule has 0 aliphatic rings. The second-order valence-corrected chi connectivity index (χ2v) is 5.97. The van der Waals surface area contributed by atoms with Gasteiger partial charge >= 0.3 is 0 Å². The van der Waals surface area contributed by atoms with E-state index in [2.05, 4.69) is 0 Å². The zero-order chi connectivity index (χ0) is 11.5. The third-order valence-electron chi connectivity index (χ3n) is 1.49. The Morgan fingerprint density at radius 2 is 2.07 bits per heavy atom. The third-order valence-corrected chi connectivity index (χ3v) is 2.91. The van der Waals surface area contributed by atoms with Crippen molar-refractivity contribution in [3.05, 3.63) is 29.0 Å². The average molecular weight is 273 g/mol. The molecule has 3 nitrogen and oxygen atoms in total. The van der Waals surface area contributed by atoms with Gasteiger partial charge in [-0.05, 0) is 12.1 Å². The van der Waals surface area contributed by atoms with Gasteiger partial charge in [-0.25, -0.2) is 12.8 Å². The molecule has 0 radical (unpaired) electrons. The first-order chi connectivity index (χ1) is 6.88. The van der Waals surface area contributed by atoms with Gasteiger partial charge in [0, 0.05) is 16.7 Å². The van der Waals surface area contributed by atoms with Gasteiger partial charge in [0.25, 0.3) is 0 Å². The van der Waals surface area contributed by atoms with Crippen molar-refractivity contribution in [3.63, 3.8) is 0 Å². The normalized spacial score (nSPS) is 11.4. The fourth-order valence-electron chi connectivity index (χ4n) is 0.826. The number of ether oxygens (including phenoxy) is 1. The second kappa shape index (κ2) is 5.01. The smallest absolute Gasteiger partial charge is 0.235 e. The molecule has 0 aliphatic heterocycles. The molecule has 0 saturated carbocycles. The summed E-state index contributed by atoms with van der Waals surface area (Å²) in [5.41, 5.74) is 0. The standard InChI is InChI=1S/C8H7Cl2FO3S/c9-7-2-1-6(5-8(7)11)14-3-4-15(10,12)13/h1-2,5H,3-4H2. The van der Waals surface area contributed by atoms with Gasteiger partial charge in [0.2, 0.25) is 9.05 Å². The molecule has 0 amide bonds. The van der Waals surface area contributed by atoms with Crippen LogP contribution >= 0.6 is 22.3 Å². The Hall–Kier alpha value is -0.520. The molecule has 0 saturated heterocycles. The van der Waals surface area contributed by atoms with E-state index >= 15 is 0 Å². The summed E-state index contributed by atoms with van der Waals surface area (Å²) in [5, 5.41) is -0.0210.